The lowest BCUT2D eigenvalue weighted by atomic mass is 10.1. The van der Waals surface area contributed by atoms with Crippen LogP contribution in [0.3, 0.4) is 0 Å². The van der Waals surface area contributed by atoms with Crippen molar-refractivity contribution in [3.8, 4) is 0 Å². The number of rotatable bonds is 3. The highest BCUT2D eigenvalue weighted by atomic mass is 32.2. The zero-order valence-corrected chi connectivity index (χ0v) is 15.3. The van der Waals surface area contributed by atoms with Gasteiger partial charge in [0, 0.05) is 17.8 Å². The van der Waals surface area contributed by atoms with Crippen LogP contribution in [-0.4, -0.2) is 26.6 Å². The number of hydrogen-bond acceptors (Lipinski definition) is 3. The van der Waals surface area contributed by atoms with Gasteiger partial charge in [-0.15, -0.1) is 0 Å². The van der Waals surface area contributed by atoms with Crippen molar-refractivity contribution in [2.24, 2.45) is 0 Å². The van der Waals surface area contributed by atoms with E-state index in [0.29, 0.717) is 24.2 Å². The predicted octanol–water partition coefficient (Wildman–Crippen LogP) is 3.49. The van der Waals surface area contributed by atoms with E-state index in [0.717, 1.165) is 17.7 Å². The number of amides is 1. The maximum absolute atomic E-state index is 12.4. The molecule has 132 valence electrons. The van der Waals surface area contributed by atoms with Crippen molar-refractivity contribution >= 4 is 27.3 Å². The van der Waals surface area contributed by atoms with Gasteiger partial charge in [-0.25, -0.2) is 8.42 Å². The smallest absolute Gasteiger partial charge is 0.255 e. The second-order valence-corrected chi connectivity index (χ2v) is 8.41. The lowest BCUT2D eigenvalue weighted by Gasteiger charge is -2.28. The van der Waals surface area contributed by atoms with E-state index in [1.54, 1.807) is 24.3 Å². The molecule has 0 spiro atoms. The molecule has 6 heteroatoms. The van der Waals surface area contributed by atoms with Crippen LogP contribution in [0.25, 0.3) is 0 Å². The average Bonchev–Trinajstić information content (AvgIpc) is 2.58. The summed E-state index contributed by atoms with van der Waals surface area (Å²) in [6.07, 6.45) is 1.56. The number of sulfonamides is 1. The molecule has 25 heavy (non-hydrogen) atoms. The van der Waals surface area contributed by atoms with Crippen LogP contribution in [0.2, 0.25) is 0 Å². The van der Waals surface area contributed by atoms with Gasteiger partial charge in [0.1, 0.15) is 0 Å². The number of nitrogens with zero attached hydrogens (tertiary/aromatic N) is 1. The number of carbonyl (C=O) groups excluding carboxylic acids is 1. The van der Waals surface area contributed by atoms with Crippen molar-refractivity contribution < 1.29 is 13.2 Å². The molecule has 1 fully saturated rings. The molecule has 5 nitrogen and oxygen atoms in total. The Bertz CT molecular complexity index is 889. The second-order valence-electron chi connectivity index (χ2n) is 6.40. The molecular formula is C19H22N2O3S. The zero-order chi connectivity index (χ0) is 18.0. The van der Waals surface area contributed by atoms with E-state index in [1.807, 2.05) is 32.0 Å². The summed E-state index contributed by atoms with van der Waals surface area (Å²) in [5.41, 5.74) is 4.14. The van der Waals surface area contributed by atoms with Gasteiger partial charge in [0.15, 0.2) is 0 Å². The Hall–Kier alpha value is -2.34. The number of anilines is 2. The standard InChI is InChI=1S/C19H22N2O3S/c1-14-5-8-17(13-15(14)2)20-19(22)16-6-9-18(10-7-16)21-11-3-4-12-25(21,23)24/h5-10,13H,3-4,11-12H2,1-2H3,(H,20,22). The van der Waals surface area contributed by atoms with Crippen molar-refractivity contribution in [3.05, 3.63) is 59.2 Å². The topological polar surface area (TPSA) is 66.5 Å². The van der Waals surface area contributed by atoms with E-state index in [1.165, 1.54) is 9.87 Å². The van der Waals surface area contributed by atoms with Crippen molar-refractivity contribution in [1.82, 2.24) is 0 Å². The quantitative estimate of drug-likeness (QED) is 0.913. The van der Waals surface area contributed by atoms with Gasteiger partial charge >= 0.3 is 0 Å². The Morgan fingerprint density at radius 1 is 1.00 bits per heavy atom. The average molecular weight is 358 g/mol. The van der Waals surface area contributed by atoms with Crippen LogP contribution < -0.4 is 9.62 Å². The van der Waals surface area contributed by atoms with Gasteiger partial charge in [0.2, 0.25) is 10.0 Å². The molecule has 2 aromatic rings. The lowest BCUT2D eigenvalue weighted by molar-refractivity contribution is 0.102. The van der Waals surface area contributed by atoms with Crippen LogP contribution in [0.15, 0.2) is 42.5 Å². The fourth-order valence-corrected chi connectivity index (χ4v) is 4.52. The van der Waals surface area contributed by atoms with Gasteiger partial charge in [0.05, 0.1) is 11.4 Å². The summed E-state index contributed by atoms with van der Waals surface area (Å²) in [6.45, 7) is 4.52. The van der Waals surface area contributed by atoms with Crippen LogP contribution in [-0.2, 0) is 10.0 Å². The minimum absolute atomic E-state index is 0.183. The van der Waals surface area contributed by atoms with Crippen LogP contribution in [0.4, 0.5) is 11.4 Å². The van der Waals surface area contributed by atoms with Gasteiger partial charge in [-0.3, -0.25) is 9.10 Å². The van der Waals surface area contributed by atoms with Crippen LogP contribution >= 0.6 is 0 Å². The predicted molar refractivity (Wildman–Crippen MR) is 101 cm³/mol. The third kappa shape index (κ3) is 3.85. The number of hydrogen-bond donors (Lipinski definition) is 1. The molecule has 2 aromatic carbocycles. The number of aryl methyl sites for hydroxylation is 2. The van der Waals surface area contributed by atoms with Crippen LogP contribution in [0.5, 0.6) is 0 Å². The first-order valence-corrected chi connectivity index (χ1v) is 9.97. The summed E-state index contributed by atoms with van der Waals surface area (Å²) >= 11 is 0. The maximum atomic E-state index is 12.4. The molecular weight excluding hydrogens is 336 g/mol. The van der Waals surface area contributed by atoms with Gasteiger partial charge < -0.3 is 5.32 Å². The molecule has 0 aliphatic carbocycles. The highest BCUT2D eigenvalue weighted by Crippen LogP contribution is 2.24. The Kier molecular flexibility index (Phi) is 4.81. The van der Waals surface area contributed by atoms with E-state index >= 15 is 0 Å². The molecule has 0 unspecified atom stereocenters. The molecule has 3 rings (SSSR count). The van der Waals surface area contributed by atoms with Gasteiger partial charge in [-0.05, 0) is 74.2 Å². The summed E-state index contributed by atoms with van der Waals surface area (Å²) in [6, 6.07) is 12.5. The number of benzene rings is 2. The van der Waals surface area contributed by atoms with Gasteiger partial charge in [-0.2, -0.15) is 0 Å². The molecule has 0 atom stereocenters. The lowest BCUT2D eigenvalue weighted by Crippen LogP contribution is -2.37. The van der Waals surface area contributed by atoms with Crippen molar-refractivity contribution in [2.45, 2.75) is 26.7 Å². The molecule has 1 saturated heterocycles. The first-order valence-electron chi connectivity index (χ1n) is 8.36. The van der Waals surface area contributed by atoms with Crippen LogP contribution in [0, 0.1) is 13.8 Å². The molecule has 1 aliphatic rings. The molecule has 1 aliphatic heterocycles. The highest BCUT2D eigenvalue weighted by Gasteiger charge is 2.25. The Morgan fingerprint density at radius 2 is 1.72 bits per heavy atom. The van der Waals surface area contributed by atoms with E-state index < -0.39 is 10.0 Å². The summed E-state index contributed by atoms with van der Waals surface area (Å²) in [4.78, 5) is 12.4. The van der Waals surface area contributed by atoms with Crippen LogP contribution in [0.1, 0.15) is 34.3 Å². The monoisotopic (exact) mass is 358 g/mol. The highest BCUT2D eigenvalue weighted by molar-refractivity contribution is 7.92. The first-order chi connectivity index (χ1) is 11.9. The maximum Gasteiger partial charge on any atom is 0.255 e. The van der Waals surface area contributed by atoms with Gasteiger partial charge in [0.25, 0.3) is 5.91 Å². The minimum atomic E-state index is -3.23. The Labute approximate surface area is 148 Å². The normalized spacial score (nSPS) is 16.5. The molecule has 1 amide bonds. The van der Waals surface area contributed by atoms with E-state index in [2.05, 4.69) is 5.32 Å². The van der Waals surface area contributed by atoms with E-state index in [-0.39, 0.29) is 11.7 Å². The fourth-order valence-electron chi connectivity index (χ4n) is 2.88. The van der Waals surface area contributed by atoms with E-state index in [4.69, 9.17) is 0 Å². The molecule has 0 saturated carbocycles. The Morgan fingerprint density at radius 3 is 2.36 bits per heavy atom. The fraction of sp³-hybridized carbons (Fsp3) is 0.316. The first kappa shape index (κ1) is 17.5. The molecule has 0 bridgehead atoms. The Balaban J connectivity index is 1.75. The van der Waals surface area contributed by atoms with E-state index in [9.17, 15) is 13.2 Å². The molecule has 1 N–H and O–H groups in total. The minimum Gasteiger partial charge on any atom is -0.322 e. The van der Waals surface area contributed by atoms with Crippen molar-refractivity contribution in [1.29, 1.82) is 0 Å². The molecule has 0 radical (unpaired) electrons. The summed E-state index contributed by atoms with van der Waals surface area (Å²) in [7, 11) is -3.23. The third-order valence-corrected chi connectivity index (χ3v) is 6.40. The SMILES string of the molecule is Cc1ccc(NC(=O)c2ccc(N3CCCCS3(=O)=O)cc2)cc1C. The molecule has 0 aromatic heterocycles. The summed E-state index contributed by atoms with van der Waals surface area (Å²) in [5.74, 6) is -0.0292. The number of nitrogens with one attached hydrogen (secondary N) is 1. The van der Waals surface area contributed by atoms with Crippen molar-refractivity contribution in [2.75, 3.05) is 21.9 Å². The second kappa shape index (κ2) is 6.88. The number of carbonyl (C=O) groups is 1. The van der Waals surface area contributed by atoms with Gasteiger partial charge in [-0.1, -0.05) is 6.07 Å². The summed E-state index contributed by atoms with van der Waals surface area (Å²) in [5, 5.41) is 2.87. The van der Waals surface area contributed by atoms with Crippen molar-refractivity contribution in [3.63, 3.8) is 0 Å². The molecule has 1 heterocycles. The largest absolute Gasteiger partial charge is 0.322 e. The third-order valence-electron chi connectivity index (χ3n) is 4.53. The zero-order valence-electron chi connectivity index (χ0n) is 14.5. The summed E-state index contributed by atoms with van der Waals surface area (Å²) < 4.78 is 25.7.